The molecule has 3 aromatic carbocycles. The molecule has 0 bridgehead atoms. The Kier molecular flexibility index (Phi) is 3.96. The van der Waals surface area contributed by atoms with Crippen molar-refractivity contribution >= 4 is 29.0 Å². The van der Waals surface area contributed by atoms with E-state index in [0.29, 0.717) is 34.7 Å². The molecule has 1 saturated heterocycles. The first-order valence-corrected chi connectivity index (χ1v) is 11.1. The fraction of sp³-hybridized carbons (Fsp3) is 0.222. The van der Waals surface area contributed by atoms with Gasteiger partial charge in [-0.3, -0.25) is 19.3 Å². The normalized spacial score (nSPS) is 25.7. The Morgan fingerprint density at radius 2 is 1.34 bits per heavy atom. The van der Waals surface area contributed by atoms with Gasteiger partial charge in [0.1, 0.15) is 0 Å². The molecule has 0 N–H and O–H groups in total. The largest absolute Gasteiger partial charge is 0.293 e. The van der Waals surface area contributed by atoms with Crippen LogP contribution in [-0.2, 0) is 6.42 Å². The molecule has 0 saturated carbocycles. The van der Waals surface area contributed by atoms with Gasteiger partial charge in [0.25, 0.3) is 0 Å². The quantitative estimate of drug-likeness (QED) is 0.517. The van der Waals surface area contributed by atoms with E-state index < -0.39 is 11.0 Å². The van der Waals surface area contributed by atoms with E-state index in [9.17, 15) is 14.4 Å². The number of hydrogen-bond donors (Lipinski definition) is 0. The van der Waals surface area contributed by atoms with E-state index in [-0.39, 0.29) is 23.3 Å². The Hall–Kier alpha value is -3.08. The van der Waals surface area contributed by atoms with E-state index in [2.05, 4.69) is 0 Å². The summed E-state index contributed by atoms with van der Waals surface area (Å²) in [5.74, 6) is -0.977. The monoisotopic (exact) mass is 441 g/mol. The van der Waals surface area contributed by atoms with Crippen LogP contribution in [-0.4, -0.2) is 41.4 Å². The fourth-order valence-corrected chi connectivity index (χ4v) is 6.58. The Bertz CT molecular complexity index is 1290. The van der Waals surface area contributed by atoms with Crippen LogP contribution in [0.25, 0.3) is 0 Å². The molecule has 5 heteroatoms. The van der Waals surface area contributed by atoms with Gasteiger partial charge in [-0.05, 0) is 36.7 Å². The van der Waals surface area contributed by atoms with Gasteiger partial charge >= 0.3 is 0 Å². The lowest BCUT2D eigenvalue weighted by molar-refractivity contribution is 0.0340. The first kappa shape index (κ1) is 19.6. The average molecular weight is 442 g/mol. The standard InChI is InChI=1S/C27H20ClNO3/c1-29-15-22(16-10-12-18(28)13-11-16)26(14-17-6-2-3-7-19(17)23(26)30)27(29)24(31)20-8-4-5-9-21(20)25(27)32/h2-13,22H,14-15H2,1H3/t22-,26+/m1/s1. The van der Waals surface area contributed by atoms with Gasteiger partial charge in [-0.1, -0.05) is 72.3 Å². The lowest BCUT2D eigenvalue weighted by atomic mass is 9.59. The maximum Gasteiger partial charge on any atom is 0.192 e. The van der Waals surface area contributed by atoms with Crippen molar-refractivity contribution in [3.05, 3.63) is 106 Å². The summed E-state index contributed by atoms with van der Waals surface area (Å²) in [5.41, 5.74) is 0.452. The van der Waals surface area contributed by atoms with Crippen LogP contribution in [0.2, 0.25) is 5.02 Å². The minimum atomic E-state index is -1.56. The van der Waals surface area contributed by atoms with Gasteiger partial charge in [0.2, 0.25) is 0 Å². The Labute approximate surface area is 190 Å². The van der Waals surface area contributed by atoms with E-state index in [0.717, 1.165) is 11.1 Å². The number of fused-ring (bicyclic) bond motifs is 3. The number of carbonyl (C=O) groups excluding carboxylic acids is 3. The number of carbonyl (C=O) groups is 3. The zero-order valence-corrected chi connectivity index (χ0v) is 18.2. The Morgan fingerprint density at radius 1 is 0.781 bits per heavy atom. The van der Waals surface area contributed by atoms with Gasteiger partial charge in [-0.2, -0.15) is 0 Å². The van der Waals surface area contributed by atoms with Crippen molar-refractivity contribution in [1.82, 2.24) is 4.90 Å². The predicted octanol–water partition coefficient (Wildman–Crippen LogP) is 4.61. The highest BCUT2D eigenvalue weighted by molar-refractivity contribution is 6.36. The second-order valence-corrected chi connectivity index (χ2v) is 9.47. The minimum Gasteiger partial charge on any atom is -0.293 e. The number of halogens is 1. The fourth-order valence-electron chi connectivity index (χ4n) is 6.46. The van der Waals surface area contributed by atoms with Crippen molar-refractivity contribution in [1.29, 1.82) is 0 Å². The van der Waals surface area contributed by atoms with Crippen molar-refractivity contribution in [2.45, 2.75) is 17.9 Å². The maximum atomic E-state index is 14.3. The van der Waals surface area contributed by atoms with Crippen LogP contribution in [0.1, 0.15) is 48.1 Å². The molecule has 6 rings (SSSR count). The number of ketones is 3. The summed E-state index contributed by atoms with van der Waals surface area (Å²) < 4.78 is 0. The number of Topliss-reactive ketones (excluding diaryl/α,β-unsaturated/α-hetero) is 3. The van der Waals surface area contributed by atoms with Crippen LogP contribution in [0.4, 0.5) is 0 Å². The van der Waals surface area contributed by atoms with Crippen LogP contribution in [0.15, 0.2) is 72.8 Å². The van der Waals surface area contributed by atoms with Gasteiger partial charge in [0.05, 0.1) is 5.41 Å². The number of likely N-dealkylation sites (tertiary alicyclic amines) is 1. The molecule has 3 aliphatic rings. The van der Waals surface area contributed by atoms with Crippen molar-refractivity contribution in [3.63, 3.8) is 0 Å². The van der Waals surface area contributed by atoms with E-state index in [1.165, 1.54) is 0 Å². The molecule has 3 aromatic rings. The maximum absolute atomic E-state index is 14.3. The van der Waals surface area contributed by atoms with E-state index >= 15 is 0 Å². The van der Waals surface area contributed by atoms with Crippen molar-refractivity contribution in [2.75, 3.05) is 13.6 Å². The van der Waals surface area contributed by atoms with Gasteiger partial charge in [-0.25, -0.2) is 0 Å². The molecule has 1 fully saturated rings. The highest BCUT2D eigenvalue weighted by atomic mass is 35.5. The van der Waals surface area contributed by atoms with Crippen LogP contribution in [0.5, 0.6) is 0 Å². The van der Waals surface area contributed by atoms with Crippen LogP contribution in [0.3, 0.4) is 0 Å². The van der Waals surface area contributed by atoms with E-state index in [1.807, 2.05) is 41.3 Å². The summed E-state index contributed by atoms with van der Waals surface area (Å²) in [6.45, 7) is 0.423. The van der Waals surface area contributed by atoms with Crippen molar-refractivity contribution in [3.8, 4) is 0 Å². The van der Waals surface area contributed by atoms with Crippen LogP contribution >= 0.6 is 11.6 Å². The molecule has 0 unspecified atom stereocenters. The summed E-state index contributed by atoms with van der Waals surface area (Å²) >= 11 is 6.14. The predicted molar refractivity (Wildman–Crippen MR) is 122 cm³/mol. The molecular weight excluding hydrogens is 422 g/mol. The highest BCUT2D eigenvalue weighted by Gasteiger charge is 2.77. The topological polar surface area (TPSA) is 54.5 Å². The van der Waals surface area contributed by atoms with Crippen LogP contribution < -0.4 is 0 Å². The lowest BCUT2D eigenvalue weighted by Gasteiger charge is -2.42. The molecule has 0 aromatic heterocycles. The molecule has 4 nitrogen and oxygen atoms in total. The molecule has 1 aliphatic heterocycles. The third kappa shape index (κ3) is 2.09. The molecule has 1 heterocycles. The number of benzene rings is 3. The van der Waals surface area contributed by atoms with Gasteiger partial charge in [-0.15, -0.1) is 0 Å². The zero-order valence-electron chi connectivity index (χ0n) is 17.5. The van der Waals surface area contributed by atoms with Gasteiger partial charge in [0, 0.05) is 34.2 Å². The second kappa shape index (κ2) is 6.47. The number of hydrogen-bond acceptors (Lipinski definition) is 4. The van der Waals surface area contributed by atoms with Gasteiger partial charge < -0.3 is 0 Å². The van der Waals surface area contributed by atoms with Crippen molar-refractivity contribution in [2.24, 2.45) is 5.41 Å². The summed E-state index contributed by atoms with van der Waals surface area (Å²) in [5, 5.41) is 0.602. The Morgan fingerprint density at radius 3 is 1.94 bits per heavy atom. The molecule has 0 amide bonds. The minimum absolute atomic E-state index is 0.119. The lowest BCUT2D eigenvalue weighted by Crippen LogP contribution is -2.63. The van der Waals surface area contributed by atoms with Crippen molar-refractivity contribution < 1.29 is 14.4 Å². The van der Waals surface area contributed by atoms with E-state index in [1.54, 1.807) is 43.4 Å². The van der Waals surface area contributed by atoms with E-state index in [4.69, 9.17) is 11.6 Å². The second-order valence-electron chi connectivity index (χ2n) is 9.03. The first-order valence-electron chi connectivity index (χ1n) is 10.7. The molecule has 0 radical (unpaired) electrons. The molecule has 2 atom stereocenters. The number of likely N-dealkylation sites (N-methyl/N-ethyl adjacent to an activating group) is 1. The molecule has 2 spiro atoms. The first-order chi connectivity index (χ1) is 15.4. The molecule has 2 aliphatic carbocycles. The third-order valence-electron chi connectivity index (χ3n) is 7.75. The zero-order chi connectivity index (χ0) is 22.3. The molecule has 32 heavy (non-hydrogen) atoms. The Balaban J connectivity index is 1.66. The van der Waals surface area contributed by atoms with Gasteiger partial charge in [0.15, 0.2) is 22.9 Å². The third-order valence-corrected chi connectivity index (χ3v) is 8.00. The van der Waals surface area contributed by atoms with Crippen LogP contribution in [0, 0.1) is 5.41 Å². The molecular formula is C27H20ClNO3. The highest BCUT2D eigenvalue weighted by Crippen LogP contribution is 2.63. The smallest absolute Gasteiger partial charge is 0.192 e. The summed E-state index contributed by atoms with van der Waals surface area (Å²) in [7, 11) is 1.80. The number of nitrogens with zero attached hydrogens (tertiary/aromatic N) is 1. The summed E-state index contributed by atoms with van der Waals surface area (Å²) in [4.78, 5) is 44.3. The summed E-state index contributed by atoms with van der Waals surface area (Å²) in [6, 6.07) is 21.9. The number of rotatable bonds is 1. The average Bonchev–Trinajstić information content (AvgIpc) is 3.34. The molecule has 158 valence electrons. The summed E-state index contributed by atoms with van der Waals surface area (Å²) in [6.07, 6.45) is 0.352. The SMILES string of the molecule is CN1C[C@H](c2ccc(Cl)cc2)[C@]2(Cc3ccccc3C2=O)C12C(=O)c1ccccc1C2=O.